The van der Waals surface area contributed by atoms with E-state index in [9.17, 15) is 14.7 Å². The normalized spacial score (nSPS) is 10.1. The third-order valence-corrected chi connectivity index (χ3v) is 3.09. The maximum Gasteiger partial charge on any atom is 0.303 e. The van der Waals surface area contributed by atoms with Crippen LogP contribution in [-0.4, -0.2) is 40.6 Å². The molecule has 1 rings (SSSR count). The molecule has 0 unspecified atom stereocenters. The Morgan fingerprint density at radius 1 is 1.39 bits per heavy atom. The molecule has 18 heavy (non-hydrogen) atoms. The molecule has 0 aliphatic rings. The van der Waals surface area contributed by atoms with Gasteiger partial charge in [0, 0.05) is 23.6 Å². The Kier molecular flexibility index (Phi) is 5.39. The Morgan fingerprint density at radius 2 is 2.06 bits per heavy atom. The van der Waals surface area contributed by atoms with Crippen molar-refractivity contribution in [3.05, 3.63) is 27.3 Å². The van der Waals surface area contributed by atoms with Gasteiger partial charge in [0.25, 0.3) is 5.91 Å². The lowest BCUT2D eigenvalue weighted by Gasteiger charge is -2.17. The molecule has 98 valence electrons. The lowest BCUT2D eigenvalue weighted by molar-refractivity contribution is -0.137. The summed E-state index contributed by atoms with van der Waals surface area (Å²) in [7, 11) is 1.59. The number of carboxylic acids is 1. The van der Waals surface area contributed by atoms with E-state index in [4.69, 9.17) is 5.11 Å². The van der Waals surface area contributed by atoms with Crippen molar-refractivity contribution >= 4 is 34.5 Å². The standard InChI is InChI=1S/C12H14INO4/c1-14(6-2-3-11(16)17)12(18)9-7-8(13)4-5-10(9)15/h4-5,7,15H,2-3,6H2,1H3,(H,16,17). The summed E-state index contributed by atoms with van der Waals surface area (Å²) < 4.78 is 0.854. The summed E-state index contributed by atoms with van der Waals surface area (Å²) in [5, 5.41) is 18.1. The van der Waals surface area contributed by atoms with Crippen LogP contribution in [0, 0.1) is 3.57 Å². The lowest BCUT2D eigenvalue weighted by Crippen LogP contribution is -2.28. The van der Waals surface area contributed by atoms with E-state index in [1.165, 1.54) is 11.0 Å². The molecule has 0 aliphatic heterocycles. The van der Waals surface area contributed by atoms with Crippen LogP contribution < -0.4 is 0 Å². The molecule has 0 atom stereocenters. The number of aromatic hydroxyl groups is 1. The van der Waals surface area contributed by atoms with Gasteiger partial charge in [0.15, 0.2) is 0 Å². The molecular weight excluding hydrogens is 349 g/mol. The largest absolute Gasteiger partial charge is 0.507 e. The predicted octanol–water partition coefficient (Wildman–Crippen LogP) is 1.93. The van der Waals surface area contributed by atoms with E-state index >= 15 is 0 Å². The molecule has 1 aromatic carbocycles. The monoisotopic (exact) mass is 363 g/mol. The summed E-state index contributed by atoms with van der Waals surface area (Å²) in [6.07, 6.45) is 0.415. The number of phenols is 1. The van der Waals surface area contributed by atoms with Crippen LogP contribution in [0.1, 0.15) is 23.2 Å². The summed E-state index contributed by atoms with van der Waals surface area (Å²) >= 11 is 2.06. The van der Waals surface area contributed by atoms with Crippen molar-refractivity contribution in [1.29, 1.82) is 0 Å². The van der Waals surface area contributed by atoms with Crippen LogP contribution in [0.5, 0.6) is 5.75 Å². The molecular formula is C12H14INO4. The summed E-state index contributed by atoms with van der Waals surface area (Å²) in [5.74, 6) is -1.25. The first kappa shape index (κ1) is 14.7. The molecule has 0 saturated carbocycles. The number of carboxylic acid groups (broad SMARTS) is 1. The molecule has 2 N–H and O–H groups in total. The van der Waals surface area contributed by atoms with Crippen LogP contribution in [-0.2, 0) is 4.79 Å². The number of carbonyl (C=O) groups excluding carboxylic acids is 1. The minimum atomic E-state index is -0.882. The van der Waals surface area contributed by atoms with Gasteiger partial charge in [0.05, 0.1) is 5.56 Å². The van der Waals surface area contributed by atoms with E-state index in [0.717, 1.165) is 3.57 Å². The molecule has 0 aromatic heterocycles. The Morgan fingerprint density at radius 3 is 2.67 bits per heavy atom. The van der Waals surface area contributed by atoms with E-state index in [2.05, 4.69) is 22.6 Å². The smallest absolute Gasteiger partial charge is 0.303 e. The third-order valence-electron chi connectivity index (χ3n) is 2.42. The summed E-state index contributed by atoms with van der Waals surface area (Å²) in [5.41, 5.74) is 0.236. The number of hydrogen-bond donors (Lipinski definition) is 2. The van der Waals surface area contributed by atoms with Gasteiger partial charge < -0.3 is 15.1 Å². The number of amides is 1. The zero-order valence-corrected chi connectivity index (χ0v) is 12.0. The second-order valence-electron chi connectivity index (χ2n) is 3.89. The topological polar surface area (TPSA) is 77.8 Å². The number of benzene rings is 1. The van der Waals surface area contributed by atoms with E-state index in [1.807, 2.05) is 0 Å². The second kappa shape index (κ2) is 6.58. The van der Waals surface area contributed by atoms with Gasteiger partial charge in [-0.3, -0.25) is 9.59 Å². The number of halogens is 1. The number of nitrogens with zero attached hydrogens (tertiary/aromatic N) is 1. The molecule has 0 fully saturated rings. The maximum absolute atomic E-state index is 12.0. The average Bonchev–Trinajstić information content (AvgIpc) is 2.30. The minimum absolute atomic E-state index is 0.0237. The van der Waals surface area contributed by atoms with Crippen LogP contribution in [0.3, 0.4) is 0 Å². The van der Waals surface area contributed by atoms with Crippen LogP contribution in [0.15, 0.2) is 18.2 Å². The van der Waals surface area contributed by atoms with Crippen molar-refractivity contribution in [2.75, 3.05) is 13.6 Å². The third kappa shape index (κ3) is 4.17. The van der Waals surface area contributed by atoms with Gasteiger partial charge in [-0.05, 0) is 47.2 Å². The van der Waals surface area contributed by atoms with Crippen molar-refractivity contribution < 1.29 is 19.8 Å². The number of hydrogen-bond acceptors (Lipinski definition) is 3. The van der Waals surface area contributed by atoms with Crippen molar-refractivity contribution in [2.24, 2.45) is 0 Å². The molecule has 0 bridgehead atoms. The first-order chi connectivity index (χ1) is 8.41. The Bertz CT molecular complexity index is 461. The summed E-state index contributed by atoms with van der Waals surface area (Å²) in [4.78, 5) is 23.8. The van der Waals surface area contributed by atoms with E-state index in [1.54, 1.807) is 19.2 Å². The fourth-order valence-corrected chi connectivity index (χ4v) is 1.95. The van der Waals surface area contributed by atoms with Crippen LogP contribution >= 0.6 is 22.6 Å². The number of phenolic OH excluding ortho intramolecular Hbond substituents is 1. The van der Waals surface area contributed by atoms with Gasteiger partial charge >= 0.3 is 5.97 Å². The molecule has 0 radical (unpaired) electrons. The van der Waals surface area contributed by atoms with Crippen LogP contribution in [0.2, 0.25) is 0 Å². The van der Waals surface area contributed by atoms with Crippen LogP contribution in [0.4, 0.5) is 0 Å². The molecule has 0 spiro atoms. The second-order valence-corrected chi connectivity index (χ2v) is 5.13. The van der Waals surface area contributed by atoms with E-state index in [-0.39, 0.29) is 23.6 Å². The highest BCUT2D eigenvalue weighted by Gasteiger charge is 2.16. The SMILES string of the molecule is CN(CCCC(=O)O)C(=O)c1cc(I)ccc1O. The summed E-state index contributed by atoms with van der Waals surface area (Å²) in [6, 6.07) is 4.78. The Hall–Kier alpha value is -1.31. The van der Waals surface area contributed by atoms with Gasteiger partial charge in [0.1, 0.15) is 5.75 Å². The van der Waals surface area contributed by atoms with Crippen molar-refractivity contribution in [3.63, 3.8) is 0 Å². The van der Waals surface area contributed by atoms with Crippen molar-refractivity contribution in [2.45, 2.75) is 12.8 Å². The first-order valence-electron chi connectivity index (χ1n) is 5.37. The highest BCUT2D eigenvalue weighted by atomic mass is 127. The quantitative estimate of drug-likeness (QED) is 0.784. The Balaban J connectivity index is 2.68. The summed E-state index contributed by atoms with van der Waals surface area (Å²) in [6.45, 7) is 0.343. The highest BCUT2D eigenvalue weighted by molar-refractivity contribution is 14.1. The minimum Gasteiger partial charge on any atom is -0.507 e. The highest BCUT2D eigenvalue weighted by Crippen LogP contribution is 2.21. The fraction of sp³-hybridized carbons (Fsp3) is 0.333. The van der Waals surface area contributed by atoms with Gasteiger partial charge in [-0.25, -0.2) is 0 Å². The number of rotatable bonds is 5. The molecule has 1 aromatic rings. The molecule has 6 heteroatoms. The molecule has 5 nitrogen and oxygen atoms in total. The predicted molar refractivity (Wildman–Crippen MR) is 74.7 cm³/mol. The van der Waals surface area contributed by atoms with Crippen molar-refractivity contribution in [3.8, 4) is 5.75 Å². The van der Waals surface area contributed by atoms with Gasteiger partial charge in [-0.15, -0.1) is 0 Å². The number of carbonyl (C=O) groups is 2. The van der Waals surface area contributed by atoms with Crippen LogP contribution in [0.25, 0.3) is 0 Å². The zero-order chi connectivity index (χ0) is 13.7. The van der Waals surface area contributed by atoms with E-state index < -0.39 is 5.97 Å². The van der Waals surface area contributed by atoms with Crippen molar-refractivity contribution in [1.82, 2.24) is 4.90 Å². The maximum atomic E-state index is 12.0. The van der Waals surface area contributed by atoms with Gasteiger partial charge in [0.2, 0.25) is 0 Å². The van der Waals surface area contributed by atoms with Gasteiger partial charge in [-0.2, -0.15) is 0 Å². The molecule has 1 amide bonds. The fourth-order valence-electron chi connectivity index (χ4n) is 1.45. The molecule has 0 heterocycles. The lowest BCUT2D eigenvalue weighted by atomic mass is 10.1. The molecule has 0 aliphatic carbocycles. The zero-order valence-electron chi connectivity index (χ0n) is 9.89. The van der Waals surface area contributed by atoms with Gasteiger partial charge in [-0.1, -0.05) is 0 Å². The first-order valence-corrected chi connectivity index (χ1v) is 6.45. The van der Waals surface area contributed by atoms with E-state index in [0.29, 0.717) is 13.0 Å². The molecule has 0 saturated heterocycles. The Labute approximate surface area is 119 Å². The average molecular weight is 363 g/mol. The number of aliphatic carboxylic acids is 1.